The van der Waals surface area contributed by atoms with E-state index in [2.05, 4.69) is 5.10 Å². The standard InChI is InChI=1S/C10H8F3N3.ClH/c11-10(12,13)8-7(9(14)16-15-8)6-4-2-1-3-5-6;/h1-5H,(H3,14,15,16);1H. The summed E-state index contributed by atoms with van der Waals surface area (Å²) in [6, 6.07) is 8.10. The van der Waals surface area contributed by atoms with Gasteiger partial charge in [0.25, 0.3) is 0 Å². The van der Waals surface area contributed by atoms with Crippen LogP contribution < -0.4 is 5.73 Å². The molecule has 0 saturated heterocycles. The van der Waals surface area contributed by atoms with Gasteiger partial charge in [0.15, 0.2) is 5.82 Å². The molecule has 92 valence electrons. The van der Waals surface area contributed by atoms with Crippen LogP contribution in [0.25, 0.3) is 11.1 Å². The first-order chi connectivity index (χ1) is 7.50. The molecule has 0 fully saturated rings. The van der Waals surface area contributed by atoms with Crippen LogP contribution in [-0.2, 0) is 6.18 Å². The summed E-state index contributed by atoms with van der Waals surface area (Å²) in [6.45, 7) is 0. The summed E-state index contributed by atoms with van der Waals surface area (Å²) in [5.74, 6) is -0.154. The van der Waals surface area contributed by atoms with Crippen LogP contribution in [0.15, 0.2) is 30.3 Å². The van der Waals surface area contributed by atoms with Crippen LogP contribution in [0.1, 0.15) is 5.69 Å². The number of rotatable bonds is 1. The quantitative estimate of drug-likeness (QED) is 0.831. The number of anilines is 1. The van der Waals surface area contributed by atoms with E-state index in [-0.39, 0.29) is 23.8 Å². The van der Waals surface area contributed by atoms with Crippen molar-refractivity contribution >= 4 is 18.2 Å². The summed E-state index contributed by atoms with van der Waals surface area (Å²) < 4.78 is 37.9. The Morgan fingerprint density at radius 1 is 1.12 bits per heavy atom. The highest BCUT2D eigenvalue weighted by Gasteiger charge is 2.37. The maximum Gasteiger partial charge on any atom is 0.433 e. The fraction of sp³-hybridized carbons (Fsp3) is 0.100. The predicted octanol–water partition coefficient (Wildman–Crippen LogP) is 3.10. The highest BCUT2D eigenvalue weighted by Crippen LogP contribution is 2.38. The van der Waals surface area contributed by atoms with Crippen molar-refractivity contribution in [3.8, 4) is 11.1 Å². The van der Waals surface area contributed by atoms with Crippen LogP contribution in [0.2, 0.25) is 0 Å². The molecule has 3 N–H and O–H groups in total. The van der Waals surface area contributed by atoms with Crippen molar-refractivity contribution in [2.75, 3.05) is 5.73 Å². The number of hydrogen-bond donors (Lipinski definition) is 2. The van der Waals surface area contributed by atoms with Gasteiger partial charge in [-0.05, 0) is 5.56 Å². The summed E-state index contributed by atoms with van der Waals surface area (Å²) in [7, 11) is 0. The smallest absolute Gasteiger partial charge is 0.382 e. The van der Waals surface area contributed by atoms with Crippen molar-refractivity contribution in [1.29, 1.82) is 0 Å². The van der Waals surface area contributed by atoms with Gasteiger partial charge < -0.3 is 5.73 Å². The monoisotopic (exact) mass is 263 g/mol. The Morgan fingerprint density at radius 3 is 2.24 bits per heavy atom. The van der Waals surface area contributed by atoms with E-state index < -0.39 is 11.9 Å². The Balaban J connectivity index is 0.00000144. The van der Waals surface area contributed by atoms with E-state index in [0.29, 0.717) is 5.56 Å². The van der Waals surface area contributed by atoms with E-state index in [1.165, 1.54) is 0 Å². The summed E-state index contributed by atoms with van der Waals surface area (Å²) in [5, 5.41) is 5.30. The van der Waals surface area contributed by atoms with Crippen LogP contribution in [0.5, 0.6) is 0 Å². The molecule has 17 heavy (non-hydrogen) atoms. The van der Waals surface area contributed by atoms with Crippen LogP contribution >= 0.6 is 12.4 Å². The minimum absolute atomic E-state index is 0. The Bertz CT molecular complexity index is 493. The highest BCUT2D eigenvalue weighted by molar-refractivity contribution is 5.85. The van der Waals surface area contributed by atoms with Gasteiger partial charge in [-0.15, -0.1) is 12.4 Å². The number of H-pyrrole nitrogens is 1. The topological polar surface area (TPSA) is 54.7 Å². The summed E-state index contributed by atoms with van der Waals surface area (Å²) >= 11 is 0. The Morgan fingerprint density at radius 2 is 1.71 bits per heavy atom. The summed E-state index contributed by atoms with van der Waals surface area (Å²) in [5.41, 5.74) is 4.79. The van der Waals surface area contributed by atoms with Crippen molar-refractivity contribution < 1.29 is 13.2 Å². The average Bonchev–Trinajstić information content (AvgIpc) is 2.61. The van der Waals surface area contributed by atoms with Crippen molar-refractivity contribution in [1.82, 2.24) is 10.2 Å². The lowest BCUT2D eigenvalue weighted by molar-refractivity contribution is -0.140. The van der Waals surface area contributed by atoms with Gasteiger partial charge in [0.2, 0.25) is 0 Å². The molecule has 1 aromatic carbocycles. The number of aromatic amines is 1. The molecule has 0 amide bonds. The number of nitrogens with zero attached hydrogens (tertiary/aromatic N) is 1. The van der Waals surface area contributed by atoms with Crippen LogP contribution in [0.3, 0.4) is 0 Å². The van der Waals surface area contributed by atoms with Gasteiger partial charge in [0.05, 0.1) is 5.56 Å². The number of halogens is 4. The minimum atomic E-state index is -4.49. The third kappa shape index (κ3) is 2.52. The normalized spacial score (nSPS) is 11.0. The summed E-state index contributed by atoms with van der Waals surface area (Å²) in [6.07, 6.45) is -4.49. The first-order valence-corrected chi connectivity index (χ1v) is 4.46. The van der Waals surface area contributed by atoms with Gasteiger partial charge in [0.1, 0.15) is 5.69 Å². The minimum Gasteiger partial charge on any atom is -0.382 e. The van der Waals surface area contributed by atoms with E-state index in [4.69, 9.17) is 5.73 Å². The van der Waals surface area contributed by atoms with Gasteiger partial charge in [-0.1, -0.05) is 30.3 Å². The third-order valence-electron chi connectivity index (χ3n) is 2.14. The summed E-state index contributed by atoms with van der Waals surface area (Å²) in [4.78, 5) is 0. The van der Waals surface area contributed by atoms with Gasteiger partial charge >= 0.3 is 6.18 Å². The van der Waals surface area contributed by atoms with Crippen LogP contribution in [0, 0.1) is 0 Å². The molecule has 0 saturated carbocycles. The number of aromatic nitrogens is 2. The predicted molar refractivity (Wildman–Crippen MR) is 60.7 cm³/mol. The number of nitrogens with one attached hydrogen (secondary N) is 1. The van der Waals surface area contributed by atoms with Gasteiger partial charge in [0, 0.05) is 0 Å². The number of hydrogen-bond acceptors (Lipinski definition) is 2. The third-order valence-corrected chi connectivity index (χ3v) is 2.14. The number of nitrogen functional groups attached to an aromatic ring is 1. The number of benzene rings is 1. The fourth-order valence-electron chi connectivity index (χ4n) is 1.46. The average molecular weight is 264 g/mol. The molecular weight excluding hydrogens is 255 g/mol. The first-order valence-electron chi connectivity index (χ1n) is 4.46. The molecule has 1 heterocycles. The second kappa shape index (κ2) is 4.67. The molecule has 1 aromatic heterocycles. The molecule has 0 spiro atoms. The van der Waals surface area contributed by atoms with E-state index in [1.54, 1.807) is 30.3 Å². The van der Waals surface area contributed by atoms with E-state index in [1.807, 2.05) is 5.10 Å². The molecule has 0 unspecified atom stereocenters. The van der Waals surface area contributed by atoms with E-state index in [0.717, 1.165) is 0 Å². The molecule has 0 bridgehead atoms. The van der Waals surface area contributed by atoms with Crippen molar-refractivity contribution in [3.63, 3.8) is 0 Å². The van der Waals surface area contributed by atoms with E-state index >= 15 is 0 Å². The van der Waals surface area contributed by atoms with Crippen LogP contribution in [0.4, 0.5) is 19.0 Å². The molecular formula is C10H9ClF3N3. The Kier molecular flexibility index (Phi) is 3.67. The fourth-order valence-corrected chi connectivity index (χ4v) is 1.46. The molecule has 7 heteroatoms. The van der Waals surface area contributed by atoms with Gasteiger partial charge in [-0.3, -0.25) is 5.10 Å². The van der Waals surface area contributed by atoms with Crippen molar-refractivity contribution in [2.45, 2.75) is 6.18 Å². The Hall–Kier alpha value is -1.69. The molecule has 0 radical (unpaired) electrons. The molecule has 0 aliphatic rings. The molecule has 0 aliphatic carbocycles. The van der Waals surface area contributed by atoms with Gasteiger partial charge in [-0.25, -0.2) is 0 Å². The molecule has 0 atom stereocenters. The Labute approximate surface area is 101 Å². The first kappa shape index (κ1) is 13.4. The zero-order chi connectivity index (χ0) is 11.8. The van der Waals surface area contributed by atoms with Crippen LogP contribution in [-0.4, -0.2) is 10.2 Å². The maximum atomic E-state index is 12.6. The van der Waals surface area contributed by atoms with Crippen molar-refractivity contribution in [3.05, 3.63) is 36.0 Å². The molecule has 0 aliphatic heterocycles. The molecule has 3 nitrogen and oxygen atoms in total. The molecule has 2 rings (SSSR count). The lowest BCUT2D eigenvalue weighted by Crippen LogP contribution is -2.07. The van der Waals surface area contributed by atoms with Gasteiger partial charge in [-0.2, -0.15) is 18.3 Å². The SMILES string of the molecule is Cl.Nc1n[nH]c(C(F)(F)F)c1-c1ccccc1. The largest absolute Gasteiger partial charge is 0.433 e. The maximum absolute atomic E-state index is 12.6. The number of nitrogens with two attached hydrogens (primary N) is 1. The lowest BCUT2D eigenvalue weighted by atomic mass is 10.1. The number of alkyl halides is 3. The highest BCUT2D eigenvalue weighted by atomic mass is 35.5. The lowest BCUT2D eigenvalue weighted by Gasteiger charge is -2.07. The second-order valence-electron chi connectivity index (χ2n) is 3.22. The van der Waals surface area contributed by atoms with Crippen molar-refractivity contribution in [2.24, 2.45) is 0 Å². The molecule has 2 aromatic rings. The van der Waals surface area contributed by atoms with E-state index in [9.17, 15) is 13.2 Å². The second-order valence-corrected chi connectivity index (χ2v) is 3.22. The zero-order valence-corrected chi connectivity index (χ0v) is 9.27. The zero-order valence-electron chi connectivity index (χ0n) is 8.45.